The van der Waals surface area contributed by atoms with Gasteiger partial charge in [0, 0.05) is 11.1 Å². The van der Waals surface area contributed by atoms with Crippen LogP contribution >= 0.6 is 0 Å². The van der Waals surface area contributed by atoms with Gasteiger partial charge < -0.3 is 38.6 Å². The Kier molecular flexibility index (Phi) is 11.2. The predicted octanol–water partition coefficient (Wildman–Crippen LogP) is 3.41. The number of rotatable bonds is 12. The highest BCUT2D eigenvalue weighted by Gasteiger charge is 2.51. The van der Waals surface area contributed by atoms with Gasteiger partial charge >= 0.3 is 0 Å². The smallest absolute Gasteiger partial charge is 0.264 e. The Bertz CT molecular complexity index is 2150. The quantitative estimate of drug-likeness (QED) is 0.208. The molecule has 0 bridgehead atoms. The van der Waals surface area contributed by atoms with Crippen LogP contribution in [0.2, 0.25) is 0 Å². The van der Waals surface area contributed by atoms with E-state index in [4.69, 9.17) is 28.4 Å². The van der Waals surface area contributed by atoms with E-state index < -0.39 is 66.1 Å². The van der Waals surface area contributed by atoms with Crippen LogP contribution in [0.25, 0.3) is 0 Å². The summed E-state index contributed by atoms with van der Waals surface area (Å²) in [5, 5.41) is 20.3. The van der Waals surface area contributed by atoms with Crippen LogP contribution in [0.1, 0.15) is 31.9 Å². The predicted molar refractivity (Wildman–Crippen MR) is 185 cm³/mol. The Balaban J connectivity index is 0.000000236. The molecule has 2 atom stereocenters. The van der Waals surface area contributed by atoms with Gasteiger partial charge in [0.2, 0.25) is 44.5 Å². The molecule has 16 nitrogen and oxygen atoms in total. The fraction of sp³-hybridized carbons (Fsp3) is 0.294. The van der Waals surface area contributed by atoms with E-state index >= 15 is 0 Å². The van der Waals surface area contributed by atoms with Crippen LogP contribution in [0.4, 0.5) is 0 Å². The van der Waals surface area contributed by atoms with Crippen LogP contribution < -0.4 is 28.4 Å². The summed E-state index contributed by atoms with van der Waals surface area (Å²) in [6, 6.07) is 17.0. The van der Waals surface area contributed by atoms with Crippen molar-refractivity contribution < 1.29 is 65.1 Å². The molecule has 0 spiro atoms. The van der Waals surface area contributed by atoms with Gasteiger partial charge in [-0.3, -0.25) is 14.3 Å². The standard InChI is InChI=1S/C19H19NO7S.C15H19NO7S/c1-19(14-11-12(25-2)9-10-15(14)26-3)17(22)16(21)18(27-19)20-28(23,24)13-7-5-4-6-8-13;1-5-24(19,20)16-14-12(17)13(18)15(2,23-14)10-8-9(21-3)6-7-11(10)22-4/h4-11,20-21H,1-3H3;6-8,16-17H,5H2,1-4H3. The summed E-state index contributed by atoms with van der Waals surface area (Å²) in [7, 11) is -2.03. The van der Waals surface area contributed by atoms with Crippen LogP contribution in [0.15, 0.2) is 94.9 Å². The topological polar surface area (TPSA) is 222 Å². The number of Topliss-reactive ketones (excluding diaryl/α,β-unsaturated/α-hetero) is 2. The Morgan fingerprint density at radius 2 is 1.08 bits per heavy atom. The van der Waals surface area contributed by atoms with E-state index in [1.165, 1.54) is 73.5 Å². The third-order valence-electron chi connectivity index (χ3n) is 8.09. The highest BCUT2D eigenvalue weighted by Crippen LogP contribution is 2.44. The molecular formula is C34H38N2O14S2. The maximum atomic E-state index is 12.8. The molecule has 52 heavy (non-hydrogen) atoms. The molecule has 280 valence electrons. The Morgan fingerprint density at radius 3 is 1.46 bits per heavy atom. The number of carbonyl (C=O) groups is 2. The van der Waals surface area contributed by atoms with Crippen molar-refractivity contribution in [3.8, 4) is 23.0 Å². The van der Waals surface area contributed by atoms with Crippen molar-refractivity contribution in [1.29, 1.82) is 0 Å². The van der Waals surface area contributed by atoms with Gasteiger partial charge in [-0.25, -0.2) is 21.6 Å². The molecule has 0 amide bonds. The molecule has 0 radical (unpaired) electrons. The molecule has 2 aliphatic rings. The van der Waals surface area contributed by atoms with Gasteiger partial charge in [0.15, 0.2) is 0 Å². The lowest BCUT2D eigenvalue weighted by Gasteiger charge is -2.26. The van der Waals surface area contributed by atoms with Gasteiger partial charge in [-0.2, -0.15) is 0 Å². The molecule has 0 aromatic heterocycles. The van der Waals surface area contributed by atoms with Crippen LogP contribution in [-0.4, -0.2) is 72.8 Å². The van der Waals surface area contributed by atoms with E-state index in [-0.39, 0.29) is 16.2 Å². The maximum Gasteiger partial charge on any atom is 0.264 e. The molecule has 4 N–H and O–H groups in total. The number of benzene rings is 3. The molecule has 0 aliphatic carbocycles. The van der Waals surface area contributed by atoms with Crippen LogP contribution in [0.3, 0.4) is 0 Å². The minimum atomic E-state index is -4.06. The summed E-state index contributed by atoms with van der Waals surface area (Å²) in [5.74, 6) is -2.98. The normalized spacial score (nSPS) is 20.0. The molecule has 2 aliphatic heterocycles. The molecule has 0 saturated heterocycles. The van der Waals surface area contributed by atoms with Crippen molar-refractivity contribution in [2.75, 3.05) is 34.2 Å². The second-order valence-corrected chi connectivity index (χ2v) is 15.0. The van der Waals surface area contributed by atoms with Crippen molar-refractivity contribution in [3.05, 3.63) is 101 Å². The zero-order valence-electron chi connectivity index (χ0n) is 29.2. The monoisotopic (exact) mass is 762 g/mol. The SMILES string of the molecule is CCS(=O)(=O)NC1=C(O)C(=O)C(C)(c2cc(OC)ccc2OC)O1.COc1ccc(OC)c(C2(C)OC(NS(=O)(=O)c3ccccc3)=C(O)C2=O)c1. The lowest BCUT2D eigenvalue weighted by molar-refractivity contribution is -0.132. The first kappa shape index (κ1) is 39.2. The number of aliphatic hydroxyl groups is 2. The molecule has 3 aromatic carbocycles. The highest BCUT2D eigenvalue weighted by molar-refractivity contribution is 7.89. The lowest BCUT2D eigenvalue weighted by atomic mass is 9.90. The van der Waals surface area contributed by atoms with Gasteiger partial charge in [0.25, 0.3) is 21.6 Å². The summed E-state index contributed by atoms with van der Waals surface area (Å²) in [6.07, 6.45) is 0. The van der Waals surface area contributed by atoms with E-state index in [1.54, 1.807) is 42.5 Å². The first-order valence-corrected chi connectivity index (χ1v) is 18.4. The molecule has 0 fully saturated rings. The molecular weight excluding hydrogens is 725 g/mol. The van der Waals surface area contributed by atoms with E-state index in [1.807, 2.05) is 0 Å². The average molecular weight is 763 g/mol. The fourth-order valence-electron chi connectivity index (χ4n) is 5.12. The molecule has 5 rings (SSSR count). The molecule has 3 aromatic rings. The number of aliphatic hydroxyl groups excluding tert-OH is 2. The Morgan fingerprint density at radius 1 is 0.654 bits per heavy atom. The van der Waals surface area contributed by atoms with Crippen LogP contribution in [0, 0.1) is 0 Å². The lowest BCUT2D eigenvalue weighted by Crippen LogP contribution is -2.33. The summed E-state index contributed by atoms with van der Waals surface area (Å²) >= 11 is 0. The van der Waals surface area contributed by atoms with E-state index in [2.05, 4.69) is 9.44 Å². The first-order chi connectivity index (χ1) is 24.4. The molecule has 2 unspecified atom stereocenters. The minimum absolute atomic E-state index is 0.0427. The molecule has 0 saturated carbocycles. The average Bonchev–Trinajstić information content (AvgIpc) is 3.49. The van der Waals surface area contributed by atoms with Gasteiger partial charge in [-0.15, -0.1) is 0 Å². The summed E-state index contributed by atoms with van der Waals surface area (Å²) in [6.45, 7) is 4.24. The Hall–Kier alpha value is -5.62. The largest absolute Gasteiger partial charge is 0.501 e. The second kappa shape index (κ2) is 14.9. The van der Waals surface area contributed by atoms with E-state index in [0.717, 1.165) is 0 Å². The van der Waals surface area contributed by atoms with Gasteiger partial charge in [0.1, 0.15) is 23.0 Å². The highest BCUT2D eigenvalue weighted by atomic mass is 32.2. The zero-order valence-corrected chi connectivity index (χ0v) is 30.8. The summed E-state index contributed by atoms with van der Waals surface area (Å²) < 4.78 is 84.5. The number of hydrogen-bond acceptors (Lipinski definition) is 14. The van der Waals surface area contributed by atoms with Gasteiger partial charge in [0.05, 0.1) is 39.1 Å². The number of carbonyl (C=O) groups excluding carboxylic acids is 2. The third-order valence-corrected chi connectivity index (χ3v) is 10.7. The number of nitrogens with one attached hydrogen (secondary N) is 2. The van der Waals surface area contributed by atoms with Gasteiger partial charge in [-0.1, -0.05) is 18.2 Å². The van der Waals surface area contributed by atoms with Crippen LogP contribution in [-0.2, 0) is 50.3 Å². The molecule has 18 heteroatoms. The number of ether oxygens (including phenoxy) is 6. The van der Waals surface area contributed by atoms with Gasteiger partial charge in [-0.05, 0) is 69.3 Å². The number of ketones is 2. The number of methoxy groups -OCH3 is 4. The van der Waals surface area contributed by atoms with E-state index in [9.17, 15) is 36.6 Å². The van der Waals surface area contributed by atoms with Crippen molar-refractivity contribution in [2.45, 2.75) is 36.9 Å². The first-order valence-electron chi connectivity index (χ1n) is 15.3. The Labute approximate surface area is 300 Å². The summed E-state index contributed by atoms with van der Waals surface area (Å²) in [4.78, 5) is 25.2. The summed E-state index contributed by atoms with van der Waals surface area (Å²) in [5.41, 5.74) is -2.79. The van der Waals surface area contributed by atoms with Crippen LogP contribution in [0.5, 0.6) is 23.0 Å². The fourth-order valence-corrected chi connectivity index (χ4v) is 6.70. The van der Waals surface area contributed by atoms with Crippen molar-refractivity contribution in [2.24, 2.45) is 0 Å². The number of hydrogen-bond donors (Lipinski definition) is 4. The maximum absolute atomic E-state index is 12.8. The molecule has 2 heterocycles. The third kappa shape index (κ3) is 7.52. The zero-order chi connectivity index (χ0) is 38.6. The van der Waals surface area contributed by atoms with Crippen molar-refractivity contribution in [1.82, 2.24) is 9.44 Å². The second-order valence-electron chi connectivity index (χ2n) is 11.3. The number of sulfonamides is 2. The van der Waals surface area contributed by atoms with E-state index in [0.29, 0.717) is 28.6 Å². The van der Waals surface area contributed by atoms with Crippen molar-refractivity contribution >= 4 is 31.6 Å². The minimum Gasteiger partial charge on any atom is -0.501 e. The van der Waals surface area contributed by atoms with Crippen molar-refractivity contribution in [3.63, 3.8) is 0 Å².